The number of carbonyl (C=O) groups is 2. The topological polar surface area (TPSA) is 49.4 Å². The minimum atomic E-state index is -0.529. The fourth-order valence-corrected chi connectivity index (χ4v) is 2.27. The van der Waals surface area contributed by atoms with Crippen LogP contribution in [0.5, 0.6) is 0 Å². The van der Waals surface area contributed by atoms with Gasteiger partial charge < -0.3 is 10.2 Å². The fraction of sp³-hybridized carbons (Fsp3) is 0.385. The Morgan fingerprint density at radius 1 is 1.44 bits per heavy atom. The van der Waals surface area contributed by atoms with Crippen molar-refractivity contribution in [2.45, 2.75) is 19.3 Å². The second-order valence-electron chi connectivity index (χ2n) is 4.37. The van der Waals surface area contributed by atoms with E-state index in [9.17, 15) is 9.59 Å². The molecule has 0 unspecified atom stereocenters. The molecule has 1 aromatic carbocycles. The number of hydrogen-bond donors (Lipinski definition) is 1. The molecule has 0 atom stereocenters. The molecule has 0 saturated carbocycles. The molecular weight excluding hydrogens is 252 g/mol. The van der Waals surface area contributed by atoms with Crippen molar-refractivity contribution >= 4 is 28.6 Å². The van der Waals surface area contributed by atoms with Gasteiger partial charge in [-0.15, -0.1) is 0 Å². The number of rotatable bonds is 3. The summed E-state index contributed by atoms with van der Waals surface area (Å²) in [6.07, 6.45) is 2.09. The monoisotopic (exact) mass is 266 g/mol. The Balaban J connectivity index is 2.08. The molecule has 1 aliphatic rings. The number of halogens is 1. The van der Waals surface area contributed by atoms with E-state index in [0.29, 0.717) is 13.0 Å². The van der Waals surface area contributed by atoms with E-state index in [0.717, 1.165) is 24.1 Å². The van der Waals surface area contributed by atoms with Crippen molar-refractivity contribution in [1.82, 2.24) is 5.32 Å². The van der Waals surface area contributed by atoms with Crippen LogP contribution in [0, 0.1) is 0 Å². The van der Waals surface area contributed by atoms with Gasteiger partial charge in [-0.25, -0.2) is 0 Å². The zero-order chi connectivity index (χ0) is 13.1. The van der Waals surface area contributed by atoms with Gasteiger partial charge in [-0.3, -0.25) is 9.59 Å². The van der Waals surface area contributed by atoms with Crippen LogP contribution in [-0.2, 0) is 17.6 Å². The van der Waals surface area contributed by atoms with E-state index in [1.807, 2.05) is 12.1 Å². The number of nitrogens with zero attached hydrogens (tertiary/aromatic N) is 1. The summed E-state index contributed by atoms with van der Waals surface area (Å²) in [6, 6.07) is 6.04. The van der Waals surface area contributed by atoms with E-state index in [-0.39, 0.29) is 5.91 Å². The highest BCUT2D eigenvalue weighted by Gasteiger charge is 2.20. The van der Waals surface area contributed by atoms with Crippen molar-refractivity contribution in [2.24, 2.45) is 0 Å². The largest absolute Gasteiger partial charge is 0.342 e. The van der Waals surface area contributed by atoms with Crippen LogP contribution in [0.1, 0.15) is 17.5 Å². The molecule has 1 N–H and O–H groups in total. The highest BCUT2D eigenvalue weighted by molar-refractivity contribution is 6.62. The first-order valence-electron chi connectivity index (χ1n) is 5.89. The van der Waals surface area contributed by atoms with Crippen molar-refractivity contribution in [3.05, 3.63) is 29.3 Å². The SMILES string of the molecule is CN1C(=O)CCc2cc(CCNC(=O)Cl)ccc21. The van der Waals surface area contributed by atoms with E-state index in [4.69, 9.17) is 11.6 Å². The van der Waals surface area contributed by atoms with Gasteiger partial charge in [-0.05, 0) is 41.6 Å². The maximum Gasteiger partial charge on any atom is 0.313 e. The van der Waals surface area contributed by atoms with Crippen molar-refractivity contribution < 1.29 is 9.59 Å². The first-order chi connectivity index (χ1) is 8.58. The van der Waals surface area contributed by atoms with E-state index in [1.54, 1.807) is 11.9 Å². The molecule has 2 rings (SSSR count). The van der Waals surface area contributed by atoms with E-state index in [1.165, 1.54) is 5.56 Å². The lowest BCUT2D eigenvalue weighted by atomic mass is 9.98. The first kappa shape index (κ1) is 12.9. The molecule has 1 heterocycles. The molecule has 0 aliphatic carbocycles. The van der Waals surface area contributed by atoms with Crippen molar-refractivity contribution in [3.63, 3.8) is 0 Å². The van der Waals surface area contributed by atoms with Gasteiger partial charge >= 0.3 is 5.37 Å². The third-order valence-electron chi connectivity index (χ3n) is 3.17. The van der Waals surface area contributed by atoms with Crippen LogP contribution >= 0.6 is 11.6 Å². The van der Waals surface area contributed by atoms with Crippen LogP contribution in [0.15, 0.2) is 18.2 Å². The Kier molecular flexibility index (Phi) is 3.87. The third kappa shape index (κ3) is 2.82. The Labute approximate surface area is 111 Å². The summed E-state index contributed by atoms with van der Waals surface area (Å²) in [5.41, 5.74) is 3.31. The molecule has 5 heteroatoms. The molecule has 4 nitrogen and oxygen atoms in total. The highest BCUT2D eigenvalue weighted by Crippen LogP contribution is 2.27. The van der Waals surface area contributed by atoms with Gasteiger partial charge in [-0.1, -0.05) is 12.1 Å². The summed E-state index contributed by atoms with van der Waals surface area (Å²) in [5, 5.41) is 2.02. The number of aryl methyl sites for hydroxylation is 1. The Hall–Kier alpha value is -1.55. The Bertz CT molecular complexity index is 488. The lowest BCUT2D eigenvalue weighted by Gasteiger charge is -2.26. The zero-order valence-corrected chi connectivity index (χ0v) is 11.0. The third-order valence-corrected chi connectivity index (χ3v) is 3.30. The van der Waals surface area contributed by atoms with Gasteiger partial charge in [0, 0.05) is 25.7 Å². The maximum atomic E-state index is 11.6. The van der Waals surface area contributed by atoms with Crippen LogP contribution in [0.2, 0.25) is 0 Å². The summed E-state index contributed by atoms with van der Waals surface area (Å²) in [7, 11) is 1.80. The predicted molar refractivity (Wildman–Crippen MR) is 71.1 cm³/mol. The van der Waals surface area contributed by atoms with Crippen LogP contribution < -0.4 is 10.2 Å². The molecular formula is C13H15ClN2O2. The maximum absolute atomic E-state index is 11.6. The van der Waals surface area contributed by atoms with Gasteiger partial charge in [0.2, 0.25) is 5.91 Å². The van der Waals surface area contributed by atoms with Crippen molar-refractivity contribution in [2.75, 3.05) is 18.5 Å². The molecule has 0 saturated heterocycles. The summed E-state index contributed by atoms with van der Waals surface area (Å²) in [4.78, 5) is 23.8. The van der Waals surface area contributed by atoms with Crippen LogP contribution in [0.25, 0.3) is 0 Å². The van der Waals surface area contributed by atoms with Crippen molar-refractivity contribution in [1.29, 1.82) is 0 Å². The van der Waals surface area contributed by atoms with E-state index in [2.05, 4.69) is 11.4 Å². The molecule has 0 aromatic heterocycles. The second kappa shape index (κ2) is 5.40. The number of nitrogens with one attached hydrogen (secondary N) is 1. The predicted octanol–water partition coefficient (Wildman–Crippen LogP) is 2.09. The number of hydrogen-bond acceptors (Lipinski definition) is 2. The minimum Gasteiger partial charge on any atom is -0.342 e. The lowest BCUT2D eigenvalue weighted by molar-refractivity contribution is -0.118. The van der Waals surface area contributed by atoms with Gasteiger partial charge in [0.05, 0.1) is 0 Å². The van der Waals surface area contributed by atoms with Gasteiger partial charge in [-0.2, -0.15) is 0 Å². The first-order valence-corrected chi connectivity index (χ1v) is 6.27. The average molecular weight is 267 g/mol. The molecule has 1 aromatic rings. The molecule has 18 heavy (non-hydrogen) atoms. The minimum absolute atomic E-state index is 0.157. The standard InChI is InChI=1S/C13H15ClN2O2/c1-16-11-4-2-9(6-7-15-13(14)18)8-10(11)3-5-12(16)17/h2,4,8H,3,5-7H2,1H3,(H,15,18). The molecule has 96 valence electrons. The number of benzene rings is 1. The normalized spacial score (nSPS) is 14.3. The van der Waals surface area contributed by atoms with E-state index >= 15 is 0 Å². The highest BCUT2D eigenvalue weighted by atomic mass is 35.5. The van der Waals surface area contributed by atoms with Crippen LogP contribution in [0.3, 0.4) is 0 Å². The summed E-state index contributed by atoms with van der Waals surface area (Å²) in [5.74, 6) is 0.157. The second-order valence-corrected chi connectivity index (χ2v) is 4.71. The summed E-state index contributed by atoms with van der Waals surface area (Å²) >= 11 is 5.20. The molecule has 0 fully saturated rings. The van der Waals surface area contributed by atoms with Crippen molar-refractivity contribution in [3.8, 4) is 0 Å². The van der Waals surface area contributed by atoms with E-state index < -0.39 is 5.37 Å². The van der Waals surface area contributed by atoms with Gasteiger partial charge in [0.15, 0.2) is 0 Å². The smallest absolute Gasteiger partial charge is 0.313 e. The lowest BCUT2D eigenvalue weighted by Crippen LogP contribution is -2.31. The quantitative estimate of drug-likeness (QED) is 0.673. The summed E-state index contributed by atoms with van der Waals surface area (Å²) in [6.45, 7) is 0.524. The molecule has 0 radical (unpaired) electrons. The Morgan fingerprint density at radius 3 is 2.94 bits per heavy atom. The summed E-state index contributed by atoms with van der Waals surface area (Å²) < 4.78 is 0. The zero-order valence-electron chi connectivity index (χ0n) is 10.2. The van der Waals surface area contributed by atoms with Gasteiger partial charge in [0.1, 0.15) is 0 Å². The molecule has 0 spiro atoms. The fourth-order valence-electron chi connectivity index (χ4n) is 2.17. The van der Waals surface area contributed by atoms with Crippen LogP contribution in [-0.4, -0.2) is 24.9 Å². The number of fused-ring (bicyclic) bond motifs is 1. The molecule has 1 aliphatic heterocycles. The number of amides is 2. The van der Waals surface area contributed by atoms with Crippen LogP contribution in [0.4, 0.5) is 10.5 Å². The Morgan fingerprint density at radius 2 is 2.22 bits per heavy atom. The molecule has 0 bridgehead atoms. The number of carbonyl (C=O) groups excluding carboxylic acids is 2. The van der Waals surface area contributed by atoms with Gasteiger partial charge in [0.25, 0.3) is 0 Å². The number of anilines is 1. The average Bonchev–Trinajstić information content (AvgIpc) is 2.33. The molecule has 2 amide bonds.